The van der Waals surface area contributed by atoms with E-state index in [2.05, 4.69) is 10.6 Å². The number of carbonyl (C=O) groups excluding carboxylic acids is 2. The van der Waals surface area contributed by atoms with Crippen molar-refractivity contribution in [2.75, 3.05) is 7.11 Å². The Balaban J connectivity index is 2.35. The van der Waals surface area contributed by atoms with Crippen LogP contribution in [0.25, 0.3) is 0 Å². The highest BCUT2D eigenvalue weighted by Gasteiger charge is 2.32. The smallest absolute Gasteiger partial charge is 0.308 e. The molecule has 0 aliphatic carbocycles. The number of rotatable bonds is 3. The molecule has 1 amide bonds. The molecule has 1 aromatic carbocycles. The number of ether oxygens (including phenoxy) is 2. The van der Waals surface area contributed by atoms with Crippen LogP contribution in [0.1, 0.15) is 12.5 Å². The van der Waals surface area contributed by atoms with Crippen molar-refractivity contribution in [1.29, 1.82) is 0 Å². The van der Waals surface area contributed by atoms with Gasteiger partial charge in [0.15, 0.2) is 10.8 Å². The van der Waals surface area contributed by atoms with Gasteiger partial charge < -0.3 is 14.8 Å². The van der Waals surface area contributed by atoms with Crippen LogP contribution in [0, 0.1) is 0 Å². The van der Waals surface area contributed by atoms with E-state index in [0.717, 1.165) is 0 Å². The standard InChI is InChI=1S/C14H14N2O4S/c1-9(17)20-11-5-3-10(4-6-11)14(19-2)8-7-12(18)15-13(21)16-14/h3-8H,1-2H3,(H2,15,16,18,21). The molecule has 0 saturated heterocycles. The first-order valence-electron chi connectivity index (χ1n) is 6.12. The number of nitrogens with one attached hydrogen (secondary N) is 2. The maximum absolute atomic E-state index is 11.5. The van der Waals surface area contributed by atoms with Crippen LogP contribution < -0.4 is 15.4 Å². The predicted octanol–water partition coefficient (Wildman–Crippen LogP) is 0.972. The van der Waals surface area contributed by atoms with Crippen LogP contribution in [0.5, 0.6) is 5.75 Å². The summed E-state index contributed by atoms with van der Waals surface area (Å²) in [6.07, 6.45) is 2.91. The molecule has 1 aliphatic heterocycles. The summed E-state index contributed by atoms with van der Waals surface area (Å²) in [5.41, 5.74) is -0.360. The molecule has 0 spiro atoms. The summed E-state index contributed by atoms with van der Waals surface area (Å²) in [4.78, 5) is 22.4. The Morgan fingerprint density at radius 1 is 1.29 bits per heavy atom. The molecule has 0 radical (unpaired) electrons. The minimum absolute atomic E-state index is 0.163. The molecule has 0 bridgehead atoms. The fourth-order valence-electron chi connectivity index (χ4n) is 1.93. The van der Waals surface area contributed by atoms with Crippen molar-refractivity contribution < 1.29 is 19.1 Å². The minimum Gasteiger partial charge on any atom is -0.427 e. The zero-order chi connectivity index (χ0) is 15.5. The maximum Gasteiger partial charge on any atom is 0.308 e. The number of methoxy groups -OCH3 is 1. The summed E-state index contributed by atoms with van der Waals surface area (Å²) < 4.78 is 10.5. The van der Waals surface area contributed by atoms with Gasteiger partial charge in [-0.3, -0.25) is 14.9 Å². The van der Waals surface area contributed by atoms with Gasteiger partial charge in [0.1, 0.15) is 5.75 Å². The average molecular weight is 306 g/mol. The van der Waals surface area contributed by atoms with Crippen LogP contribution in [-0.4, -0.2) is 24.1 Å². The molecule has 2 rings (SSSR count). The first-order valence-corrected chi connectivity index (χ1v) is 6.52. The third kappa shape index (κ3) is 3.45. The lowest BCUT2D eigenvalue weighted by molar-refractivity contribution is -0.131. The van der Waals surface area contributed by atoms with E-state index in [1.54, 1.807) is 30.3 Å². The Hall–Kier alpha value is -2.25. The average Bonchev–Trinajstić information content (AvgIpc) is 2.58. The second kappa shape index (κ2) is 6.02. The lowest BCUT2D eigenvalue weighted by atomic mass is 10.0. The minimum atomic E-state index is -1.06. The number of thiocarbonyl (C=S) groups is 1. The van der Waals surface area contributed by atoms with E-state index < -0.39 is 11.7 Å². The van der Waals surface area contributed by atoms with Crippen LogP contribution in [0.4, 0.5) is 0 Å². The van der Waals surface area contributed by atoms with Gasteiger partial charge in [0.25, 0.3) is 0 Å². The fraction of sp³-hybridized carbons (Fsp3) is 0.214. The molecule has 6 nitrogen and oxygen atoms in total. The second-order valence-electron chi connectivity index (χ2n) is 4.33. The Kier molecular flexibility index (Phi) is 4.35. The molecule has 110 valence electrons. The summed E-state index contributed by atoms with van der Waals surface area (Å²) in [6.45, 7) is 1.33. The molecule has 1 atom stereocenters. The van der Waals surface area contributed by atoms with Crippen molar-refractivity contribution in [2.45, 2.75) is 12.6 Å². The quantitative estimate of drug-likeness (QED) is 0.492. The van der Waals surface area contributed by atoms with Gasteiger partial charge in [-0.15, -0.1) is 0 Å². The van der Waals surface area contributed by atoms with Crippen LogP contribution >= 0.6 is 12.2 Å². The van der Waals surface area contributed by atoms with E-state index in [-0.39, 0.29) is 11.0 Å². The lowest BCUT2D eigenvalue weighted by Crippen LogP contribution is -2.48. The molecule has 1 aromatic rings. The van der Waals surface area contributed by atoms with Crippen LogP contribution in [0.2, 0.25) is 0 Å². The summed E-state index contributed by atoms with van der Waals surface area (Å²) in [7, 11) is 1.50. The molecular weight excluding hydrogens is 292 g/mol. The van der Waals surface area contributed by atoms with Crippen molar-refractivity contribution in [2.24, 2.45) is 0 Å². The highest BCUT2D eigenvalue weighted by molar-refractivity contribution is 7.80. The normalized spacial score (nSPS) is 21.2. The number of hydrogen-bond donors (Lipinski definition) is 2. The third-order valence-electron chi connectivity index (χ3n) is 2.87. The first-order chi connectivity index (χ1) is 9.95. The van der Waals surface area contributed by atoms with E-state index in [9.17, 15) is 9.59 Å². The Labute approximate surface area is 127 Å². The van der Waals surface area contributed by atoms with Crippen molar-refractivity contribution in [1.82, 2.24) is 10.6 Å². The SMILES string of the molecule is COC1(c2ccc(OC(C)=O)cc2)C=CC(=O)NC(=S)N1. The van der Waals surface area contributed by atoms with Gasteiger partial charge in [-0.1, -0.05) is 12.1 Å². The van der Waals surface area contributed by atoms with Crippen molar-refractivity contribution in [3.05, 3.63) is 42.0 Å². The molecule has 0 fully saturated rings. The lowest BCUT2D eigenvalue weighted by Gasteiger charge is -2.30. The molecule has 7 heteroatoms. The molecule has 0 aromatic heterocycles. The van der Waals surface area contributed by atoms with Crippen molar-refractivity contribution in [3.63, 3.8) is 0 Å². The number of carbonyl (C=O) groups is 2. The largest absolute Gasteiger partial charge is 0.427 e. The van der Waals surface area contributed by atoms with Crippen LogP contribution in [0.15, 0.2) is 36.4 Å². The Bertz CT molecular complexity index is 612. The number of benzene rings is 1. The van der Waals surface area contributed by atoms with Crippen LogP contribution in [-0.2, 0) is 20.1 Å². The molecule has 1 unspecified atom stereocenters. The van der Waals surface area contributed by atoms with Crippen molar-refractivity contribution in [3.8, 4) is 5.75 Å². The van der Waals surface area contributed by atoms with Crippen LogP contribution in [0.3, 0.4) is 0 Å². The molecule has 21 heavy (non-hydrogen) atoms. The van der Waals surface area contributed by atoms with E-state index >= 15 is 0 Å². The molecular formula is C14H14N2O4S. The van der Waals surface area contributed by atoms with Crippen molar-refractivity contribution >= 4 is 29.2 Å². The van der Waals surface area contributed by atoms with E-state index in [1.807, 2.05) is 0 Å². The zero-order valence-electron chi connectivity index (χ0n) is 11.5. The summed E-state index contributed by atoms with van der Waals surface area (Å²) >= 11 is 5.04. The van der Waals surface area contributed by atoms with Gasteiger partial charge in [0.2, 0.25) is 5.91 Å². The summed E-state index contributed by atoms with van der Waals surface area (Å²) in [5, 5.41) is 5.58. The molecule has 1 aliphatic rings. The summed E-state index contributed by atoms with van der Waals surface area (Å²) in [5.74, 6) is -0.303. The first kappa shape index (κ1) is 15.1. The van der Waals surface area contributed by atoms with Gasteiger partial charge in [0.05, 0.1) is 0 Å². The maximum atomic E-state index is 11.5. The molecule has 1 heterocycles. The molecule has 0 saturated carbocycles. The fourth-order valence-corrected chi connectivity index (χ4v) is 2.18. The monoisotopic (exact) mass is 306 g/mol. The number of hydrogen-bond acceptors (Lipinski definition) is 5. The Morgan fingerprint density at radius 3 is 2.52 bits per heavy atom. The second-order valence-corrected chi connectivity index (χ2v) is 4.74. The van der Waals surface area contributed by atoms with Gasteiger partial charge >= 0.3 is 5.97 Å². The van der Waals surface area contributed by atoms with E-state index in [1.165, 1.54) is 20.1 Å². The third-order valence-corrected chi connectivity index (χ3v) is 3.08. The number of amides is 1. The zero-order valence-corrected chi connectivity index (χ0v) is 12.3. The van der Waals surface area contributed by atoms with Gasteiger partial charge in [-0.05, 0) is 30.4 Å². The molecule has 2 N–H and O–H groups in total. The highest BCUT2D eigenvalue weighted by Crippen LogP contribution is 2.27. The topological polar surface area (TPSA) is 76.7 Å². The highest BCUT2D eigenvalue weighted by atomic mass is 32.1. The number of esters is 1. The van der Waals surface area contributed by atoms with Gasteiger partial charge in [0, 0.05) is 25.7 Å². The van der Waals surface area contributed by atoms with Gasteiger partial charge in [-0.2, -0.15) is 0 Å². The van der Waals surface area contributed by atoms with E-state index in [0.29, 0.717) is 11.3 Å². The Morgan fingerprint density at radius 2 is 1.95 bits per heavy atom. The summed E-state index contributed by atoms with van der Waals surface area (Å²) in [6, 6.07) is 6.71. The van der Waals surface area contributed by atoms with E-state index in [4.69, 9.17) is 21.7 Å². The predicted molar refractivity (Wildman–Crippen MR) is 79.5 cm³/mol. The van der Waals surface area contributed by atoms with Gasteiger partial charge in [-0.25, -0.2) is 0 Å².